The summed E-state index contributed by atoms with van der Waals surface area (Å²) in [4.78, 5) is 30.6. The number of benzene rings is 1. The van der Waals surface area contributed by atoms with Gasteiger partial charge in [0.2, 0.25) is 0 Å². The molecule has 0 saturated heterocycles. The maximum atomic E-state index is 13.3. The number of aromatic nitrogens is 4. The summed E-state index contributed by atoms with van der Waals surface area (Å²) in [6.07, 6.45) is 7.72. The van der Waals surface area contributed by atoms with E-state index in [1.165, 1.54) is 4.57 Å². The number of aryl methyl sites for hydroxylation is 1. The molecule has 0 amide bonds. The number of aliphatic hydroxyl groups excluding tert-OH is 1. The second kappa shape index (κ2) is 10.6. The topological polar surface area (TPSA) is 101 Å². The first kappa shape index (κ1) is 23.8. The Bertz CT molecular complexity index is 1330. The van der Waals surface area contributed by atoms with Crippen LogP contribution in [0, 0.1) is 0 Å². The normalized spacial score (nSPS) is 11.6. The molecule has 0 saturated carbocycles. The predicted molar refractivity (Wildman–Crippen MR) is 127 cm³/mol. The molecule has 9 heteroatoms. The molecule has 33 heavy (non-hydrogen) atoms. The highest BCUT2D eigenvalue weighted by Gasteiger charge is 2.22. The van der Waals surface area contributed by atoms with E-state index in [9.17, 15) is 14.7 Å². The number of rotatable bonds is 10. The number of aliphatic hydroxyl groups is 1. The van der Waals surface area contributed by atoms with E-state index in [0.717, 1.165) is 4.57 Å². The molecule has 0 spiro atoms. The van der Waals surface area contributed by atoms with Crippen LogP contribution in [-0.2, 0) is 20.1 Å². The molecule has 1 N–H and O–H groups in total. The molecule has 0 aliphatic rings. The lowest BCUT2D eigenvalue weighted by Crippen LogP contribution is -2.39. The van der Waals surface area contributed by atoms with Crippen molar-refractivity contribution >= 4 is 11.2 Å². The maximum Gasteiger partial charge on any atom is 0.332 e. The van der Waals surface area contributed by atoms with Crippen molar-refractivity contribution in [2.24, 2.45) is 7.05 Å². The van der Waals surface area contributed by atoms with Crippen LogP contribution in [0.3, 0.4) is 0 Å². The second-order valence-corrected chi connectivity index (χ2v) is 7.35. The van der Waals surface area contributed by atoms with Gasteiger partial charge in [0.15, 0.2) is 11.2 Å². The molecule has 1 aromatic carbocycles. The molecular weight excluding hydrogens is 424 g/mol. The molecule has 0 aliphatic carbocycles. The minimum absolute atomic E-state index is 0.0946. The van der Waals surface area contributed by atoms with Crippen LogP contribution in [0.4, 0.5) is 0 Å². The first-order chi connectivity index (χ1) is 15.9. The Balaban J connectivity index is 2.20. The van der Waals surface area contributed by atoms with Crippen molar-refractivity contribution in [2.45, 2.75) is 26.4 Å². The fourth-order valence-electron chi connectivity index (χ4n) is 3.33. The zero-order chi connectivity index (χ0) is 24.0. The largest absolute Gasteiger partial charge is 0.497 e. The maximum absolute atomic E-state index is 13.3. The van der Waals surface area contributed by atoms with E-state index in [-0.39, 0.29) is 43.3 Å². The zero-order valence-corrected chi connectivity index (χ0v) is 19.0. The van der Waals surface area contributed by atoms with Gasteiger partial charge < -0.3 is 14.6 Å². The minimum atomic E-state index is -0.509. The van der Waals surface area contributed by atoms with Gasteiger partial charge >= 0.3 is 11.7 Å². The molecule has 9 nitrogen and oxygen atoms in total. The summed E-state index contributed by atoms with van der Waals surface area (Å²) in [7, 11) is 3.10. The zero-order valence-electron chi connectivity index (χ0n) is 19.0. The minimum Gasteiger partial charge on any atom is -0.497 e. The van der Waals surface area contributed by atoms with Crippen molar-refractivity contribution in [1.29, 1.82) is 0 Å². The Morgan fingerprint density at radius 3 is 2.67 bits per heavy atom. The molecule has 0 bridgehead atoms. The highest BCUT2D eigenvalue weighted by molar-refractivity contribution is 5.72. The Hall–Kier alpha value is -3.85. The third kappa shape index (κ3) is 5.15. The molecular formula is C24H28N4O5. The number of imidazole rings is 1. The SMILES string of the molecule is C=C(/C=C\C=C/C)Cn1c(Oc2cccc(OC)c2)nc2c1c(=O)n(CCCO)c(=O)n2C. The molecule has 0 aliphatic heterocycles. The highest BCUT2D eigenvalue weighted by atomic mass is 16.5. The van der Waals surface area contributed by atoms with Crippen LogP contribution >= 0.6 is 0 Å². The lowest BCUT2D eigenvalue weighted by Gasteiger charge is -2.11. The van der Waals surface area contributed by atoms with Crippen molar-refractivity contribution in [2.75, 3.05) is 13.7 Å². The summed E-state index contributed by atoms with van der Waals surface area (Å²) >= 11 is 0. The average Bonchev–Trinajstić information content (AvgIpc) is 3.15. The third-order valence-electron chi connectivity index (χ3n) is 4.98. The fraction of sp³-hybridized carbons (Fsp3) is 0.292. The molecule has 3 rings (SSSR count). The Kier molecular flexibility index (Phi) is 7.68. The van der Waals surface area contributed by atoms with Gasteiger partial charge in [-0.3, -0.25) is 18.5 Å². The van der Waals surface area contributed by atoms with Gasteiger partial charge in [-0.2, -0.15) is 4.98 Å². The quantitative estimate of drug-likeness (QED) is 0.475. The van der Waals surface area contributed by atoms with Crippen LogP contribution in [0.1, 0.15) is 13.3 Å². The molecule has 2 heterocycles. The van der Waals surface area contributed by atoms with Gasteiger partial charge in [-0.15, -0.1) is 0 Å². The number of methoxy groups -OCH3 is 1. The lowest BCUT2D eigenvalue weighted by atomic mass is 10.2. The predicted octanol–water partition coefficient (Wildman–Crippen LogP) is 2.77. The number of fused-ring (bicyclic) bond motifs is 1. The number of allylic oxidation sites excluding steroid dienone is 5. The summed E-state index contributed by atoms with van der Waals surface area (Å²) in [6.45, 7) is 6.16. The van der Waals surface area contributed by atoms with E-state index in [0.29, 0.717) is 17.1 Å². The van der Waals surface area contributed by atoms with Gasteiger partial charge in [-0.1, -0.05) is 36.9 Å². The first-order valence-corrected chi connectivity index (χ1v) is 10.5. The van der Waals surface area contributed by atoms with Crippen LogP contribution in [0.2, 0.25) is 0 Å². The van der Waals surface area contributed by atoms with E-state index in [4.69, 9.17) is 9.47 Å². The summed E-state index contributed by atoms with van der Waals surface area (Å²) in [6, 6.07) is 7.14. The van der Waals surface area contributed by atoms with Gasteiger partial charge in [-0.25, -0.2) is 4.79 Å². The average molecular weight is 453 g/mol. The van der Waals surface area contributed by atoms with Crippen LogP contribution in [0.5, 0.6) is 17.5 Å². The number of hydrogen-bond acceptors (Lipinski definition) is 6. The standard InChI is InChI=1S/C24H28N4O5/c1-5-6-7-10-17(2)16-28-20-21(26(3)24(31)27(22(20)30)13-9-14-29)25-23(28)33-19-12-8-11-18(15-19)32-4/h5-8,10-12,15,29H,2,9,13-14,16H2,1,3-4H3/b6-5-,10-7-. The summed E-state index contributed by atoms with van der Waals surface area (Å²) in [5, 5.41) is 9.18. The van der Waals surface area contributed by atoms with E-state index < -0.39 is 11.2 Å². The van der Waals surface area contributed by atoms with Crippen LogP contribution < -0.4 is 20.7 Å². The summed E-state index contributed by atoms with van der Waals surface area (Å²) in [5.74, 6) is 1.07. The third-order valence-corrected chi connectivity index (χ3v) is 4.98. The first-order valence-electron chi connectivity index (χ1n) is 10.5. The highest BCUT2D eigenvalue weighted by Crippen LogP contribution is 2.27. The number of hydrogen-bond donors (Lipinski definition) is 1. The fourth-order valence-corrected chi connectivity index (χ4v) is 3.33. The van der Waals surface area contributed by atoms with Gasteiger partial charge in [0, 0.05) is 26.3 Å². The van der Waals surface area contributed by atoms with Crippen LogP contribution in [0.25, 0.3) is 11.2 Å². The Labute approximate surface area is 191 Å². The van der Waals surface area contributed by atoms with Gasteiger partial charge in [0.05, 0.1) is 13.7 Å². The molecule has 0 radical (unpaired) electrons. The molecule has 0 atom stereocenters. The van der Waals surface area contributed by atoms with Crippen molar-refractivity contribution in [3.63, 3.8) is 0 Å². The number of nitrogens with zero attached hydrogens (tertiary/aromatic N) is 4. The second-order valence-electron chi connectivity index (χ2n) is 7.35. The van der Waals surface area contributed by atoms with Crippen molar-refractivity contribution in [3.8, 4) is 17.5 Å². The number of ether oxygens (including phenoxy) is 2. The van der Waals surface area contributed by atoms with Crippen LogP contribution in [0.15, 0.2) is 70.3 Å². The summed E-state index contributed by atoms with van der Waals surface area (Å²) < 4.78 is 15.3. The summed E-state index contributed by atoms with van der Waals surface area (Å²) in [5.41, 5.74) is 0.116. The smallest absolute Gasteiger partial charge is 0.332 e. The Morgan fingerprint density at radius 1 is 1.21 bits per heavy atom. The van der Waals surface area contributed by atoms with Crippen molar-refractivity contribution in [3.05, 3.63) is 81.6 Å². The monoisotopic (exact) mass is 452 g/mol. The Morgan fingerprint density at radius 2 is 1.97 bits per heavy atom. The molecule has 2 aromatic heterocycles. The van der Waals surface area contributed by atoms with Gasteiger partial charge in [-0.05, 0) is 31.1 Å². The van der Waals surface area contributed by atoms with E-state index in [1.807, 2.05) is 31.2 Å². The van der Waals surface area contributed by atoms with E-state index in [1.54, 1.807) is 43.0 Å². The van der Waals surface area contributed by atoms with E-state index >= 15 is 0 Å². The van der Waals surface area contributed by atoms with Gasteiger partial charge in [0.25, 0.3) is 5.56 Å². The van der Waals surface area contributed by atoms with E-state index in [2.05, 4.69) is 11.6 Å². The molecule has 0 unspecified atom stereocenters. The lowest BCUT2D eigenvalue weighted by molar-refractivity contribution is 0.277. The van der Waals surface area contributed by atoms with Gasteiger partial charge in [0.1, 0.15) is 11.5 Å². The van der Waals surface area contributed by atoms with Crippen LogP contribution in [-0.4, -0.2) is 37.5 Å². The van der Waals surface area contributed by atoms with Crippen molar-refractivity contribution < 1.29 is 14.6 Å². The van der Waals surface area contributed by atoms with Crippen molar-refractivity contribution in [1.82, 2.24) is 18.7 Å². The molecule has 3 aromatic rings. The molecule has 0 fully saturated rings. The molecule has 174 valence electrons.